The van der Waals surface area contributed by atoms with Crippen LogP contribution in [0, 0.1) is 24.7 Å². The second-order valence-corrected chi connectivity index (χ2v) is 17.1. The van der Waals surface area contributed by atoms with E-state index >= 15 is 0 Å². The Morgan fingerprint density at radius 1 is 0.939 bits per heavy atom. The van der Waals surface area contributed by atoms with Gasteiger partial charge < -0.3 is 40.2 Å². The van der Waals surface area contributed by atoms with E-state index in [0.29, 0.717) is 19.4 Å². The predicted molar refractivity (Wildman–Crippen MR) is 261 cm³/mol. The number of carbonyl (C=O) groups excluding carboxylic acids is 5. The smallest absolute Gasteiger partial charge is 0.410 e. The zero-order chi connectivity index (χ0) is 50.7. The predicted octanol–water partition coefficient (Wildman–Crippen LogP) is 7.84. The number of likely N-dealkylation sites (N-methyl/N-ethyl adjacent to an activating group) is 2. The van der Waals surface area contributed by atoms with Crippen LogP contribution < -0.4 is 11.1 Å². The largest absolute Gasteiger partial charge is 0.480 e. The van der Waals surface area contributed by atoms with Crippen molar-refractivity contribution in [2.75, 3.05) is 34.9 Å². The number of hydrogen-bond acceptors (Lipinski definition) is 9. The van der Waals surface area contributed by atoms with E-state index in [9.17, 15) is 33.9 Å². The molecule has 0 aromatic heterocycles. The minimum atomic E-state index is -1.11. The van der Waals surface area contributed by atoms with Crippen LogP contribution in [-0.4, -0.2) is 127 Å². The van der Waals surface area contributed by atoms with Crippen molar-refractivity contribution in [2.45, 2.75) is 164 Å². The molecule has 1 aliphatic carbocycles. The van der Waals surface area contributed by atoms with Crippen LogP contribution in [0.5, 0.6) is 0 Å². The van der Waals surface area contributed by atoms with Gasteiger partial charge >= 0.3 is 12.1 Å². The number of likely N-dealkylation sites (tertiary alicyclic amines) is 1. The molecule has 0 saturated carbocycles. The third kappa shape index (κ3) is 20.2. The Hall–Kier alpha value is -5.02. The summed E-state index contributed by atoms with van der Waals surface area (Å²) in [6, 6.07) is 5.34. The third-order valence-corrected chi connectivity index (χ3v) is 11.6. The summed E-state index contributed by atoms with van der Waals surface area (Å²) < 4.78 is 16.8. The number of aliphatic carboxylic acids is 1. The van der Waals surface area contributed by atoms with Crippen LogP contribution in [-0.2, 0) is 44.8 Å². The molecule has 1 heterocycles. The molecule has 374 valence electrons. The maximum absolute atomic E-state index is 13.7. The highest BCUT2D eigenvalue weighted by Gasteiger charge is 2.42. The number of nitrogens with one attached hydrogen (secondary N) is 1. The van der Waals surface area contributed by atoms with Crippen molar-refractivity contribution in [1.29, 1.82) is 0 Å². The third-order valence-electron chi connectivity index (χ3n) is 11.6. The molecule has 3 rings (SSSR count). The molecule has 4 N–H and O–H groups in total. The summed E-state index contributed by atoms with van der Waals surface area (Å²) in [7, 11) is 6.33. The van der Waals surface area contributed by atoms with Gasteiger partial charge in [-0.15, -0.1) is 0 Å². The van der Waals surface area contributed by atoms with Gasteiger partial charge in [0.2, 0.25) is 23.6 Å². The number of carboxylic acid groups (broad SMARTS) is 1. The highest BCUT2D eigenvalue weighted by Crippen LogP contribution is 2.29. The van der Waals surface area contributed by atoms with E-state index in [1.54, 1.807) is 30.9 Å². The number of rotatable bonds is 20. The number of amides is 5. The van der Waals surface area contributed by atoms with Crippen LogP contribution in [0.25, 0.3) is 0 Å². The quantitative estimate of drug-likeness (QED) is 0.116. The number of nitrogens with two attached hydrogens (primary N) is 1. The van der Waals surface area contributed by atoms with E-state index in [-0.39, 0.29) is 55.2 Å². The van der Waals surface area contributed by atoms with Crippen LogP contribution in [0.15, 0.2) is 60.2 Å². The number of methoxy groups -OCH3 is 2. The number of nitrogens with zero attached hydrogens (tertiary/aromatic N) is 3. The molecule has 15 nitrogen and oxygen atoms in total. The number of hydrogen-bond donors (Lipinski definition) is 3. The molecule has 0 bridgehead atoms. The lowest BCUT2D eigenvalue weighted by molar-refractivity contribution is -0.146. The molecule has 0 spiro atoms. The Morgan fingerprint density at radius 2 is 1.55 bits per heavy atom. The molecule has 1 aromatic rings. The van der Waals surface area contributed by atoms with Crippen molar-refractivity contribution >= 4 is 35.7 Å². The number of primary amides is 1. The van der Waals surface area contributed by atoms with E-state index in [2.05, 4.69) is 19.2 Å². The molecule has 1 saturated heterocycles. The number of benzene rings is 1. The zero-order valence-corrected chi connectivity index (χ0v) is 42.8. The van der Waals surface area contributed by atoms with Gasteiger partial charge in [-0.05, 0) is 49.2 Å². The van der Waals surface area contributed by atoms with Gasteiger partial charge in [-0.3, -0.25) is 24.1 Å². The first-order valence-electron chi connectivity index (χ1n) is 23.6. The molecular weight excluding hydrogens is 843 g/mol. The average Bonchev–Trinajstić information content (AvgIpc) is 3.62. The lowest BCUT2D eigenvalue weighted by Crippen LogP contribution is -2.53. The molecule has 15 heteroatoms. The highest BCUT2D eigenvalue weighted by molar-refractivity contribution is 5.86. The monoisotopic (exact) mass is 928 g/mol. The van der Waals surface area contributed by atoms with Gasteiger partial charge in [0, 0.05) is 48.2 Å². The van der Waals surface area contributed by atoms with Crippen molar-refractivity contribution < 1.29 is 48.1 Å². The van der Waals surface area contributed by atoms with Crippen LogP contribution in [0.1, 0.15) is 125 Å². The Morgan fingerprint density at radius 3 is 2.05 bits per heavy atom. The molecule has 8 atom stereocenters. The Labute approximate surface area is 396 Å². The Balaban J connectivity index is 0.00000141. The molecule has 1 aromatic carbocycles. The van der Waals surface area contributed by atoms with Gasteiger partial charge in [-0.2, -0.15) is 0 Å². The summed E-state index contributed by atoms with van der Waals surface area (Å²) in [5.74, 6) is -2.94. The van der Waals surface area contributed by atoms with Gasteiger partial charge in [-0.1, -0.05) is 135 Å². The Bertz CT molecular complexity index is 1730. The number of allylic oxidation sites excluding steroid dienone is 5. The van der Waals surface area contributed by atoms with Crippen molar-refractivity contribution in [3.05, 3.63) is 71.3 Å². The van der Waals surface area contributed by atoms with E-state index in [4.69, 9.17) is 19.9 Å². The van der Waals surface area contributed by atoms with Crippen LogP contribution >= 0.6 is 0 Å². The van der Waals surface area contributed by atoms with Crippen LogP contribution in [0.3, 0.4) is 0 Å². The standard InChI is InChI=1S/C31H49N3O7.C15H22N2O3.C3H8.C2H6/c1-8-20(2)28(33(5)22(4)35)26(40-6)19-27(36)34-17-13-16-25(34)29(41-7)21(3)30(37)32-24(31(38)39)18-23-14-11-9-10-12-15-23;1-10(2)13(14(16)18)17(4)15(19)20-9-12-7-5-11(3)6-8-12;1-3-2;1-2/h9-11,14-15,20-21,24-26,28-29H,8,12-13,16-19H2,1-7H3,(H,32,37)(H,38,39);5-8,10,13H,9H2,1-4H3,(H2,16,18);3H2,1-2H3;1-2H3. The summed E-state index contributed by atoms with van der Waals surface area (Å²) in [5, 5.41) is 12.5. The fraction of sp³-hybridized carbons (Fsp3) is 0.647. The molecule has 5 amide bonds. The number of carboxylic acids is 1. The molecule has 0 radical (unpaired) electrons. The molecule has 1 fully saturated rings. The van der Waals surface area contributed by atoms with Gasteiger partial charge in [-0.25, -0.2) is 9.59 Å². The van der Waals surface area contributed by atoms with Crippen molar-refractivity contribution in [1.82, 2.24) is 20.0 Å². The lowest BCUT2D eigenvalue weighted by atomic mass is 9.90. The summed E-state index contributed by atoms with van der Waals surface area (Å²) in [5.41, 5.74) is 8.19. The summed E-state index contributed by atoms with van der Waals surface area (Å²) in [4.78, 5) is 79.1. The Kier molecular flexibility index (Phi) is 30.1. The van der Waals surface area contributed by atoms with Crippen molar-refractivity contribution in [3.63, 3.8) is 0 Å². The maximum Gasteiger partial charge on any atom is 0.410 e. The maximum atomic E-state index is 13.7. The molecule has 66 heavy (non-hydrogen) atoms. The van der Waals surface area contributed by atoms with Gasteiger partial charge in [0.25, 0.3) is 0 Å². The zero-order valence-electron chi connectivity index (χ0n) is 42.8. The average molecular weight is 928 g/mol. The van der Waals surface area contributed by atoms with Gasteiger partial charge in [0.1, 0.15) is 18.7 Å². The molecule has 8 unspecified atom stereocenters. The topological polar surface area (TPSA) is 198 Å². The summed E-state index contributed by atoms with van der Waals surface area (Å²) >= 11 is 0. The van der Waals surface area contributed by atoms with E-state index < -0.39 is 54.1 Å². The summed E-state index contributed by atoms with van der Waals surface area (Å²) in [6.45, 7) is 21.9. The summed E-state index contributed by atoms with van der Waals surface area (Å²) in [6.07, 6.45) is 12.3. The number of ether oxygens (including phenoxy) is 3. The van der Waals surface area contributed by atoms with E-state index in [1.165, 1.54) is 32.4 Å². The first-order valence-corrected chi connectivity index (χ1v) is 23.6. The van der Waals surface area contributed by atoms with Gasteiger partial charge in [0.15, 0.2) is 0 Å². The molecular formula is C51H85N5O10. The lowest BCUT2D eigenvalue weighted by Gasteiger charge is -2.39. The van der Waals surface area contributed by atoms with E-state index in [0.717, 1.165) is 29.5 Å². The molecule has 2 aliphatic rings. The fourth-order valence-corrected chi connectivity index (χ4v) is 7.89. The second-order valence-electron chi connectivity index (χ2n) is 17.1. The van der Waals surface area contributed by atoms with Gasteiger partial charge in [0.05, 0.1) is 36.6 Å². The number of aryl methyl sites for hydroxylation is 1. The van der Waals surface area contributed by atoms with E-state index in [1.807, 2.05) is 103 Å². The normalized spacial score (nSPS) is 17.2. The first-order chi connectivity index (χ1) is 31.2. The second kappa shape index (κ2) is 32.6. The fourth-order valence-electron chi connectivity index (χ4n) is 7.89. The minimum Gasteiger partial charge on any atom is -0.480 e. The van der Waals surface area contributed by atoms with Crippen LogP contribution in [0.2, 0.25) is 0 Å². The SMILES string of the molecule is CC.CCC.CCC(C)C(C(CC(=O)N1CCCC1C(OC)C(C)C(=O)NC(CC1=CCC=CC=C1)C(=O)O)OC)N(C)C(C)=O.Cc1ccc(COC(=O)N(C)C(C(N)=O)C(C)C)cc1. The minimum absolute atomic E-state index is 0.0653. The van der Waals surface area contributed by atoms with Crippen molar-refractivity contribution in [2.24, 2.45) is 23.5 Å². The van der Waals surface area contributed by atoms with Crippen molar-refractivity contribution in [3.8, 4) is 0 Å². The highest BCUT2D eigenvalue weighted by atomic mass is 16.6. The first kappa shape index (κ1) is 61.0. The molecule has 1 aliphatic heterocycles. The number of carbonyl (C=O) groups is 6. The van der Waals surface area contributed by atoms with Crippen LogP contribution in [0.4, 0.5) is 4.79 Å².